The van der Waals surface area contributed by atoms with Crippen LogP contribution in [0.4, 0.5) is 5.69 Å². The van der Waals surface area contributed by atoms with Gasteiger partial charge in [0.2, 0.25) is 5.91 Å². The number of nitrogens with one attached hydrogen (secondary N) is 2. The Hall–Kier alpha value is -2.31. The summed E-state index contributed by atoms with van der Waals surface area (Å²) in [7, 11) is -0.946. The van der Waals surface area contributed by atoms with E-state index in [1.54, 1.807) is 11.8 Å². The van der Waals surface area contributed by atoms with Crippen LogP contribution in [0.2, 0.25) is 18.6 Å². The number of carbonyl (C=O) groups is 1. The molecule has 10 nitrogen and oxygen atoms in total. The number of aliphatic hydroxyl groups excluding tert-OH is 1. The number of fused-ring (bicyclic) bond motifs is 1. The lowest BCUT2D eigenvalue weighted by Crippen LogP contribution is -2.48. The Kier molecular flexibility index (Phi) is 8.46. The Labute approximate surface area is 213 Å². The second-order valence-electron chi connectivity index (χ2n) is 10.5. The molecule has 0 spiro atoms. The number of rotatable bonds is 10. The molecule has 4 N–H and O–H groups in total. The minimum absolute atomic E-state index is 0.0189. The average molecular weight is 518 g/mol. The van der Waals surface area contributed by atoms with Crippen molar-refractivity contribution in [3.05, 3.63) is 35.7 Å². The first-order valence-corrected chi connectivity index (χ1v) is 15.8. The van der Waals surface area contributed by atoms with Crippen LogP contribution in [0, 0.1) is 5.92 Å². The zero-order chi connectivity index (χ0) is 25.9. The lowest BCUT2D eigenvalue weighted by Gasteiger charge is -2.43. The van der Waals surface area contributed by atoms with E-state index in [1.165, 1.54) is 0 Å². The lowest BCUT2D eigenvalue weighted by atomic mass is 9.86. The van der Waals surface area contributed by atoms with Crippen LogP contribution in [0.1, 0.15) is 43.5 Å². The molecule has 1 unspecified atom stereocenters. The van der Waals surface area contributed by atoms with Crippen LogP contribution in [-0.2, 0) is 22.5 Å². The molecular weight excluding hydrogens is 478 g/mol. The molecule has 11 heteroatoms. The van der Waals surface area contributed by atoms with Crippen molar-refractivity contribution in [1.29, 1.82) is 0 Å². The Balaban J connectivity index is 1.52. The normalized spacial score (nSPS) is 24.7. The molecule has 198 valence electrons. The number of aryl methyl sites for hydroxylation is 1. The molecule has 2 aromatic rings. The molecule has 2 aliphatic heterocycles. The molecule has 1 fully saturated rings. The van der Waals surface area contributed by atoms with Crippen molar-refractivity contribution in [1.82, 2.24) is 20.3 Å². The van der Waals surface area contributed by atoms with Gasteiger partial charge in [0.1, 0.15) is 11.9 Å². The van der Waals surface area contributed by atoms with Gasteiger partial charge in [-0.2, -0.15) is 0 Å². The van der Waals surface area contributed by atoms with Crippen LogP contribution in [0.3, 0.4) is 0 Å². The van der Waals surface area contributed by atoms with Crippen molar-refractivity contribution in [2.75, 3.05) is 25.6 Å². The molecule has 2 aliphatic rings. The van der Waals surface area contributed by atoms with Gasteiger partial charge in [0.25, 0.3) is 0 Å². The highest BCUT2D eigenvalue weighted by atomic mass is 28.4. The van der Waals surface area contributed by atoms with E-state index in [9.17, 15) is 9.59 Å². The van der Waals surface area contributed by atoms with Gasteiger partial charge in [0.15, 0.2) is 8.32 Å². The third-order valence-electron chi connectivity index (χ3n) is 7.40. The number of amides is 1. The van der Waals surface area contributed by atoms with Crippen LogP contribution < -0.4 is 15.4 Å². The van der Waals surface area contributed by atoms with Gasteiger partial charge in [-0.15, -0.1) is 5.10 Å². The van der Waals surface area contributed by atoms with Crippen molar-refractivity contribution in [3.63, 3.8) is 0 Å². The number of carbonyl (C=O) groups excluding carboxylic acids is 1. The number of aromatic nitrogens is 3. The van der Waals surface area contributed by atoms with E-state index in [0.29, 0.717) is 19.4 Å². The first-order valence-electron chi connectivity index (χ1n) is 12.8. The molecule has 0 bridgehead atoms. The molecule has 4 rings (SSSR count). The molecule has 5 atom stereocenters. The molecule has 0 radical (unpaired) electrons. The van der Waals surface area contributed by atoms with E-state index in [-0.39, 0.29) is 42.2 Å². The minimum Gasteiger partial charge on any atom is -0.490 e. The zero-order valence-electron chi connectivity index (χ0n) is 21.6. The largest absolute Gasteiger partial charge is 0.490 e. The van der Waals surface area contributed by atoms with Gasteiger partial charge in [-0.05, 0) is 57.1 Å². The molecule has 1 amide bonds. The first-order chi connectivity index (χ1) is 17.2. The summed E-state index contributed by atoms with van der Waals surface area (Å²) in [5.41, 5.74) is 2.30. The molecule has 3 heterocycles. The fraction of sp³-hybridized carbons (Fsp3) is 0.640. The van der Waals surface area contributed by atoms with Gasteiger partial charge in [-0.25, -0.2) is 0 Å². The summed E-state index contributed by atoms with van der Waals surface area (Å²) in [5, 5.41) is 23.7. The van der Waals surface area contributed by atoms with Crippen LogP contribution in [-0.4, -0.2) is 71.5 Å². The number of hydrogen-bond acceptors (Lipinski definition) is 8. The molecule has 1 aromatic carbocycles. The maximum absolute atomic E-state index is 12.6. The van der Waals surface area contributed by atoms with Crippen molar-refractivity contribution in [3.8, 4) is 5.75 Å². The van der Waals surface area contributed by atoms with Gasteiger partial charge in [0.05, 0.1) is 17.8 Å². The first kappa shape index (κ1) is 26.7. The summed E-state index contributed by atoms with van der Waals surface area (Å²) in [6, 6.07) is 5.54. The Morgan fingerprint density at radius 1 is 1.42 bits per heavy atom. The Morgan fingerprint density at radius 2 is 2.22 bits per heavy atom. The molecule has 0 aliphatic carbocycles. The van der Waals surface area contributed by atoms with Crippen molar-refractivity contribution in [2.45, 2.75) is 76.0 Å². The summed E-state index contributed by atoms with van der Waals surface area (Å²) in [6.45, 7) is 7.48. The minimum atomic E-state index is -2.64. The standard InChI is InChI=1S/C25H39N5O5Si/c1-16-23(34-2)19-14-17(27-25(32)20-6-5-11-26-20)7-8-21(19)35-24(16)22(36(3,4)33)9-12-30-15-18(10-13-31)28-29-30/h7-8,14-16,20,22-24,26,31,33H,5-6,9-13H2,1-4H3,(H,27,32)/t16-,20+,22?,23-,24-/m0/s1. The van der Waals surface area contributed by atoms with E-state index in [2.05, 4.69) is 27.9 Å². The molecular formula is C25H39N5O5Si. The number of methoxy groups -OCH3 is 1. The fourth-order valence-electron chi connectivity index (χ4n) is 5.46. The number of hydrogen-bond donors (Lipinski definition) is 4. The predicted molar refractivity (Wildman–Crippen MR) is 138 cm³/mol. The second kappa shape index (κ2) is 11.4. The van der Waals surface area contributed by atoms with Gasteiger partial charge in [-0.3, -0.25) is 9.48 Å². The van der Waals surface area contributed by atoms with Gasteiger partial charge >= 0.3 is 0 Å². The number of ether oxygens (including phenoxy) is 2. The van der Waals surface area contributed by atoms with E-state index in [1.807, 2.05) is 37.5 Å². The van der Waals surface area contributed by atoms with Crippen molar-refractivity contribution < 1.29 is 24.2 Å². The maximum atomic E-state index is 12.6. The SMILES string of the molecule is CO[C@@H]1c2cc(NC(=O)[C@H]3CCCN3)ccc2O[C@H](C(CCn2cc(CCO)nn2)[Si](C)(C)O)[C@H]1C. The van der Waals surface area contributed by atoms with E-state index in [0.717, 1.165) is 42.1 Å². The van der Waals surface area contributed by atoms with Gasteiger partial charge in [-0.1, -0.05) is 12.1 Å². The molecule has 1 saturated heterocycles. The van der Waals surface area contributed by atoms with Crippen LogP contribution >= 0.6 is 0 Å². The monoisotopic (exact) mass is 517 g/mol. The summed E-state index contributed by atoms with van der Waals surface area (Å²) in [6.07, 6.45) is 4.37. The molecule has 0 saturated carbocycles. The third kappa shape index (κ3) is 5.97. The summed E-state index contributed by atoms with van der Waals surface area (Å²) in [5.74, 6) is 0.679. The Morgan fingerprint density at radius 3 is 2.89 bits per heavy atom. The zero-order valence-corrected chi connectivity index (χ0v) is 22.6. The van der Waals surface area contributed by atoms with Crippen LogP contribution in [0.25, 0.3) is 0 Å². The van der Waals surface area contributed by atoms with E-state index in [4.69, 9.17) is 14.6 Å². The van der Waals surface area contributed by atoms with E-state index < -0.39 is 8.32 Å². The summed E-state index contributed by atoms with van der Waals surface area (Å²) < 4.78 is 14.3. The predicted octanol–water partition coefficient (Wildman–Crippen LogP) is 2.25. The Bertz CT molecular complexity index is 1040. The fourth-order valence-corrected chi connectivity index (χ4v) is 7.47. The number of aliphatic hydroxyl groups is 1. The highest BCUT2D eigenvalue weighted by Crippen LogP contribution is 2.47. The van der Waals surface area contributed by atoms with Crippen LogP contribution in [0.5, 0.6) is 5.75 Å². The quantitative estimate of drug-likeness (QED) is 0.353. The van der Waals surface area contributed by atoms with Gasteiger partial charge in [0, 0.05) is 55.6 Å². The van der Waals surface area contributed by atoms with Crippen molar-refractivity contribution in [2.24, 2.45) is 5.92 Å². The molecule has 36 heavy (non-hydrogen) atoms. The maximum Gasteiger partial charge on any atom is 0.241 e. The van der Waals surface area contributed by atoms with E-state index >= 15 is 0 Å². The third-order valence-corrected chi connectivity index (χ3v) is 9.83. The topological polar surface area (TPSA) is 131 Å². The molecule has 1 aromatic heterocycles. The summed E-state index contributed by atoms with van der Waals surface area (Å²) in [4.78, 5) is 23.8. The van der Waals surface area contributed by atoms with Crippen molar-refractivity contribution >= 4 is 19.9 Å². The highest BCUT2D eigenvalue weighted by molar-refractivity contribution is 6.71. The number of benzene rings is 1. The smallest absolute Gasteiger partial charge is 0.241 e. The highest BCUT2D eigenvalue weighted by Gasteiger charge is 2.46. The lowest BCUT2D eigenvalue weighted by molar-refractivity contribution is -0.117. The number of anilines is 1. The second-order valence-corrected chi connectivity index (χ2v) is 14.5. The van der Waals surface area contributed by atoms with Crippen LogP contribution in [0.15, 0.2) is 24.4 Å². The van der Waals surface area contributed by atoms with Gasteiger partial charge < -0.3 is 30.0 Å². The average Bonchev–Trinajstić information content (AvgIpc) is 3.52. The summed E-state index contributed by atoms with van der Waals surface area (Å²) >= 11 is 0. The number of nitrogens with zero attached hydrogens (tertiary/aromatic N) is 3.